The van der Waals surface area contributed by atoms with Gasteiger partial charge in [0.15, 0.2) is 5.78 Å². The fraction of sp³-hybridized carbons (Fsp3) is 0.462. The Labute approximate surface area is 105 Å². The maximum absolute atomic E-state index is 11.8. The average molecular weight is 258 g/mol. The highest BCUT2D eigenvalue weighted by Gasteiger charge is 2.09. The lowest BCUT2D eigenvalue weighted by Gasteiger charge is -2.07. The molecule has 1 aromatic rings. The number of hydrogen-bond acceptors (Lipinski definition) is 3. The van der Waals surface area contributed by atoms with Crippen molar-refractivity contribution in [2.24, 2.45) is 0 Å². The highest BCUT2D eigenvalue weighted by Crippen LogP contribution is 2.19. The number of halogens is 2. The van der Waals surface area contributed by atoms with Crippen LogP contribution >= 0.6 is 0 Å². The van der Waals surface area contributed by atoms with E-state index in [0.29, 0.717) is 11.3 Å². The first-order valence-electron chi connectivity index (χ1n) is 5.58. The molecule has 0 atom stereocenters. The number of aryl methyl sites for hydroxylation is 1. The summed E-state index contributed by atoms with van der Waals surface area (Å²) < 4.78 is 33.3. The molecule has 3 nitrogen and oxygen atoms in total. The van der Waals surface area contributed by atoms with E-state index in [9.17, 15) is 13.6 Å². The molecule has 0 unspecified atom stereocenters. The second-order valence-electron chi connectivity index (χ2n) is 3.82. The fourth-order valence-corrected chi connectivity index (χ4v) is 1.53. The molecule has 5 heteroatoms. The largest absolute Gasteiger partial charge is 0.496 e. The average Bonchev–Trinajstić information content (AvgIpc) is 2.34. The molecule has 0 spiro atoms. The van der Waals surface area contributed by atoms with E-state index in [0.717, 1.165) is 5.56 Å². The molecular weight excluding hydrogens is 242 g/mol. The van der Waals surface area contributed by atoms with Gasteiger partial charge < -0.3 is 9.47 Å². The van der Waals surface area contributed by atoms with Crippen molar-refractivity contribution in [3.05, 3.63) is 29.3 Å². The molecule has 1 aromatic carbocycles. The molecular formula is C13H16F2O3. The van der Waals surface area contributed by atoms with E-state index in [1.807, 2.05) is 6.92 Å². The summed E-state index contributed by atoms with van der Waals surface area (Å²) in [5, 5.41) is 0. The molecule has 0 aliphatic rings. The molecule has 1 rings (SSSR count). The van der Waals surface area contributed by atoms with Crippen molar-refractivity contribution in [2.75, 3.05) is 20.3 Å². The minimum atomic E-state index is -2.50. The molecule has 0 radical (unpaired) electrons. The predicted molar refractivity (Wildman–Crippen MR) is 63.5 cm³/mol. The first kappa shape index (κ1) is 14.6. The first-order valence-corrected chi connectivity index (χ1v) is 5.58. The Morgan fingerprint density at radius 3 is 2.67 bits per heavy atom. The van der Waals surface area contributed by atoms with Crippen LogP contribution in [0, 0.1) is 6.92 Å². The topological polar surface area (TPSA) is 35.5 Å². The summed E-state index contributed by atoms with van der Waals surface area (Å²) in [5.74, 6) is 0.579. The van der Waals surface area contributed by atoms with Crippen LogP contribution in [0.25, 0.3) is 0 Å². The van der Waals surface area contributed by atoms with E-state index in [-0.39, 0.29) is 18.8 Å². The third-order valence-corrected chi connectivity index (χ3v) is 2.43. The summed E-state index contributed by atoms with van der Waals surface area (Å²) in [6.07, 6.45) is -2.40. The van der Waals surface area contributed by atoms with Gasteiger partial charge in [-0.2, -0.15) is 0 Å². The molecule has 0 heterocycles. The van der Waals surface area contributed by atoms with Gasteiger partial charge in [0.1, 0.15) is 12.4 Å². The summed E-state index contributed by atoms with van der Waals surface area (Å²) >= 11 is 0. The Morgan fingerprint density at radius 1 is 1.39 bits per heavy atom. The number of alkyl halides is 2. The number of ketones is 1. The van der Waals surface area contributed by atoms with Crippen molar-refractivity contribution in [3.8, 4) is 5.75 Å². The summed E-state index contributed by atoms with van der Waals surface area (Å²) in [5.41, 5.74) is 1.39. The van der Waals surface area contributed by atoms with Gasteiger partial charge in [-0.1, -0.05) is 0 Å². The molecule has 0 saturated heterocycles. The van der Waals surface area contributed by atoms with Crippen LogP contribution in [0.1, 0.15) is 22.3 Å². The lowest BCUT2D eigenvalue weighted by molar-refractivity contribution is 0.0170. The molecule has 0 fully saturated rings. The fourth-order valence-electron chi connectivity index (χ4n) is 1.53. The molecule has 100 valence electrons. The van der Waals surface area contributed by atoms with Gasteiger partial charge in [-0.3, -0.25) is 4.79 Å². The molecule has 0 N–H and O–H groups in total. The maximum Gasteiger partial charge on any atom is 0.261 e. The molecule has 0 aliphatic carbocycles. The summed E-state index contributed by atoms with van der Waals surface area (Å²) in [6.45, 7) is 1.21. The van der Waals surface area contributed by atoms with Gasteiger partial charge in [-0.15, -0.1) is 0 Å². The van der Waals surface area contributed by atoms with E-state index >= 15 is 0 Å². The normalized spacial score (nSPS) is 10.7. The molecule has 0 aromatic heterocycles. The van der Waals surface area contributed by atoms with Gasteiger partial charge in [0.25, 0.3) is 6.43 Å². The van der Waals surface area contributed by atoms with Crippen LogP contribution in [0.5, 0.6) is 5.75 Å². The van der Waals surface area contributed by atoms with Gasteiger partial charge >= 0.3 is 0 Å². The Hall–Kier alpha value is -1.49. The van der Waals surface area contributed by atoms with Crippen molar-refractivity contribution in [1.29, 1.82) is 0 Å². The number of carbonyl (C=O) groups excluding carboxylic acids is 1. The minimum absolute atomic E-state index is 0.00818. The number of rotatable bonds is 7. The lowest BCUT2D eigenvalue weighted by atomic mass is 10.1. The van der Waals surface area contributed by atoms with Gasteiger partial charge in [-0.25, -0.2) is 8.78 Å². The second-order valence-corrected chi connectivity index (χ2v) is 3.82. The number of benzene rings is 1. The van der Waals surface area contributed by atoms with Crippen LogP contribution < -0.4 is 4.74 Å². The lowest BCUT2D eigenvalue weighted by Crippen LogP contribution is -2.09. The Balaban J connectivity index is 2.49. The Morgan fingerprint density at radius 2 is 2.11 bits per heavy atom. The number of ether oxygens (including phenoxy) is 2. The molecule has 0 aliphatic heterocycles. The van der Waals surface area contributed by atoms with Crippen molar-refractivity contribution >= 4 is 5.78 Å². The van der Waals surface area contributed by atoms with Crippen LogP contribution in [-0.2, 0) is 4.74 Å². The van der Waals surface area contributed by atoms with Gasteiger partial charge in [0.2, 0.25) is 0 Å². The highest BCUT2D eigenvalue weighted by molar-refractivity contribution is 5.96. The van der Waals surface area contributed by atoms with Gasteiger partial charge in [-0.05, 0) is 30.7 Å². The third-order valence-electron chi connectivity index (χ3n) is 2.43. The zero-order valence-electron chi connectivity index (χ0n) is 10.4. The smallest absolute Gasteiger partial charge is 0.261 e. The van der Waals surface area contributed by atoms with Gasteiger partial charge in [0, 0.05) is 12.0 Å². The number of Topliss-reactive ketones (excluding diaryl/α,β-unsaturated/α-hetero) is 1. The van der Waals surface area contributed by atoms with Crippen molar-refractivity contribution in [2.45, 2.75) is 19.8 Å². The standard InChI is InChI=1S/C13H16F2O3/c1-9-7-10(3-4-12(9)17-2)11(16)5-6-18-8-13(14)15/h3-4,7,13H,5-6,8H2,1-2H3. The zero-order valence-corrected chi connectivity index (χ0v) is 10.4. The van der Waals surface area contributed by atoms with Crippen LogP contribution in [0.3, 0.4) is 0 Å². The van der Waals surface area contributed by atoms with Crippen molar-refractivity contribution in [3.63, 3.8) is 0 Å². The van der Waals surface area contributed by atoms with Crippen LogP contribution in [-0.4, -0.2) is 32.5 Å². The Bertz CT molecular complexity index is 405. The van der Waals surface area contributed by atoms with E-state index < -0.39 is 13.0 Å². The maximum atomic E-state index is 11.8. The monoisotopic (exact) mass is 258 g/mol. The van der Waals surface area contributed by atoms with Crippen LogP contribution in [0.15, 0.2) is 18.2 Å². The number of methoxy groups -OCH3 is 1. The SMILES string of the molecule is COc1ccc(C(=O)CCOCC(F)F)cc1C. The molecule has 0 saturated carbocycles. The third kappa shape index (κ3) is 4.41. The zero-order chi connectivity index (χ0) is 13.5. The van der Waals surface area contributed by atoms with Crippen LogP contribution in [0.4, 0.5) is 8.78 Å². The van der Waals surface area contributed by atoms with E-state index in [1.54, 1.807) is 25.3 Å². The number of carbonyl (C=O) groups is 1. The molecule has 18 heavy (non-hydrogen) atoms. The first-order chi connectivity index (χ1) is 8.54. The Kier molecular flexibility index (Phi) is 5.71. The molecule has 0 bridgehead atoms. The highest BCUT2D eigenvalue weighted by atomic mass is 19.3. The van der Waals surface area contributed by atoms with E-state index in [4.69, 9.17) is 4.74 Å². The van der Waals surface area contributed by atoms with E-state index in [1.165, 1.54) is 0 Å². The summed E-state index contributed by atoms with van der Waals surface area (Å²) in [4.78, 5) is 11.7. The number of hydrogen-bond donors (Lipinski definition) is 0. The molecule has 0 amide bonds. The van der Waals surface area contributed by atoms with E-state index in [2.05, 4.69) is 4.74 Å². The predicted octanol–water partition coefficient (Wildman–Crippen LogP) is 2.86. The minimum Gasteiger partial charge on any atom is -0.496 e. The summed E-state index contributed by atoms with van der Waals surface area (Å²) in [7, 11) is 1.56. The van der Waals surface area contributed by atoms with Crippen molar-refractivity contribution in [1.82, 2.24) is 0 Å². The quantitative estimate of drug-likeness (QED) is 0.557. The van der Waals surface area contributed by atoms with Gasteiger partial charge in [0.05, 0.1) is 13.7 Å². The second kappa shape index (κ2) is 7.06. The van der Waals surface area contributed by atoms with Crippen LogP contribution in [0.2, 0.25) is 0 Å². The van der Waals surface area contributed by atoms with Crippen molar-refractivity contribution < 1.29 is 23.0 Å². The summed E-state index contributed by atoms with van der Waals surface area (Å²) in [6, 6.07) is 5.08.